The van der Waals surface area contributed by atoms with E-state index in [9.17, 15) is 9.90 Å². The van der Waals surface area contributed by atoms with Crippen molar-refractivity contribution in [2.45, 2.75) is 26.1 Å². The summed E-state index contributed by atoms with van der Waals surface area (Å²) in [5.41, 5.74) is 1.68. The van der Waals surface area contributed by atoms with Crippen LogP contribution in [0.25, 0.3) is 0 Å². The third kappa shape index (κ3) is 6.28. The van der Waals surface area contributed by atoms with Gasteiger partial charge in [0.05, 0.1) is 25.3 Å². The van der Waals surface area contributed by atoms with Crippen LogP contribution in [0, 0.1) is 0 Å². The summed E-state index contributed by atoms with van der Waals surface area (Å²) in [6.07, 6.45) is 0.620. The fraction of sp³-hybridized carbons (Fsp3) is 0.458. The lowest BCUT2D eigenvalue weighted by atomic mass is 10.1. The SMILES string of the molecule is COc1ccc(C(C)(O)OCCCOc2ccc(N3CCN(C(C)=O)CC3)cc2)cc1Cl. The molecular weight excluding hydrogens is 432 g/mol. The number of halogens is 1. The number of ether oxygens (including phenoxy) is 3. The van der Waals surface area contributed by atoms with E-state index in [0.29, 0.717) is 36.0 Å². The molecule has 2 aromatic carbocycles. The molecule has 7 nitrogen and oxygen atoms in total. The number of nitrogens with zero attached hydrogens (tertiary/aromatic N) is 2. The van der Waals surface area contributed by atoms with Gasteiger partial charge in [0.1, 0.15) is 11.5 Å². The van der Waals surface area contributed by atoms with Crippen molar-refractivity contribution in [1.29, 1.82) is 0 Å². The van der Waals surface area contributed by atoms with Crippen LogP contribution in [0.15, 0.2) is 42.5 Å². The first kappa shape index (κ1) is 24.2. The van der Waals surface area contributed by atoms with Crippen LogP contribution in [0.3, 0.4) is 0 Å². The van der Waals surface area contributed by atoms with Gasteiger partial charge in [-0.1, -0.05) is 11.6 Å². The van der Waals surface area contributed by atoms with Crippen LogP contribution in [-0.2, 0) is 15.3 Å². The van der Waals surface area contributed by atoms with Crippen LogP contribution in [-0.4, -0.2) is 62.4 Å². The van der Waals surface area contributed by atoms with Crippen molar-refractivity contribution in [3.63, 3.8) is 0 Å². The molecule has 1 fully saturated rings. The predicted molar refractivity (Wildman–Crippen MR) is 125 cm³/mol. The third-order valence-corrected chi connectivity index (χ3v) is 5.85. The van der Waals surface area contributed by atoms with Gasteiger partial charge in [0.25, 0.3) is 0 Å². The number of hydrogen-bond donors (Lipinski definition) is 1. The Morgan fingerprint density at radius 2 is 1.78 bits per heavy atom. The number of aliphatic hydroxyl groups is 1. The van der Waals surface area contributed by atoms with Crippen LogP contribution in [0.2, 0.25) is 5.02 Å². The molecule has 0 saturated carbocycles. The highest BCUT2D eigenvalue weighted by Crippen LogP contribution is 2.31. The molecule has 174 valence electrons. The lowest BCUT2D eigenvalue weighted by Gasteiger charge is -2.35. The average Bonchev–Trinajstić information content (AvgIpc) is 2.79. The Bertz CT molecular complexity index is 896. The average molecular weight is 463 g/mol. The highest BCUT2D eigenvalue weighted by molar-refractivity contribution is 6.32. The van der Waals surface area contributed by atoms with Crippen LogP contribution in [0.5, 0.6) is 11.5 Å². The van der Waals surface area contributed by atoms with Gasteiger partial charge in [-0.05, 0) is 49.4 Å². The van der Waals surface area contributed by atoms with E-state index in [-0.39, 0.29) is 5.91 Å². The molecule has 1 unspecified atom stereocenters. The molecule has 1 N–H and O–H groups in total. The van der Waals surface area contributed by atoms with Gasteiger partial charge < -0.3 is 29.1 Å². The van der Waals surface area contributed by atoms with E-state index in [2.05, 4.69) is 4.90 Å². The largest absolute Gasteiger partial charge is 0.495 e. The van der Waals surface area contributed by atoms with Gasteiger partial charge in [-0.2, -0.15) is 0 Å². The van der Waals surface area contributed by atoms with Crippen molar-refractivity contribution in [3.05, 3.63) is 53.1 Å². The molecule has 8 heteroatoms. The van der Waals surface area contributed by atoms with Gasteiger partial charge in [-0.15, -0.1) is 0 Å². The van der Waals surface area contributed by atoms with Gasteiger partial charge in [0, 0.05) is 50.8 Å². The second kappa shape index (κ2) is 10.9. The highest BCUT2D eigenvalue weighted by atomic mass is 35.5. The monoisotopic (exact) mass is 462 g/mol. The van der Waals surface area contributed by atoms with Crippen LogP contribution in [0.4, 0.5) is 5.69 Å². The minimum atomic E-state index is -1.45. The predicted octanol–water partition coefficient (Wildman–Crippen LogP) is 3.67. The molecule has 32 heavy (non-hydrogen) atoms. The molecule has 1 atom stereocenters. The smallest absolute Gasteiger partial charge is 0.219 e. The van der Waals surface area contributed by atoms with Crippen molar-refractivity contribution >= 4 is 23.2 Å². The first-order valence-electron chi connectivity index (χ1n) is 10.7. The Morgan fingerprint density at radius 3 is 2.38 bits per heavy atom. The molecule has 0 aromatic heterocycles. The van der Waals surface area contributed by atoms with E-state index in [1.807, 2.05) is 29.2 Å². The first-order valence-corrected chi connectivity index (χ1v) is 11.1. The maximum Gasteiger partial charge on any atom is 0.219 e. The normalized spacial score (nSPS) is 15.9. The summed E-state index contributed by atoms with van der Waals surface area (Å²) >= 11 is 6.14. The molecule has 1 saturated heterocycles. The summed E-state index contributed by atoms with van der Waals surface area (Å²) in [6.45, 7) is 7.15. The molecule has 1 amide bonds. The summed E-state index contributed by atoms with van der Waals surface area (Å²) < 4.78 is 16.6. The first-order chi connectivity index (χ1) is 15.3. The number of anilines is 1. The summed E-state index contributed by atoms with van der Waals surface area (Å²) in [7, 11) is 1.54. The zero-order valence-corrected chi connectivity index (χ0v) is 19.6. The molecule has 0 radical (unpaired) electrons. The number of carbonyl (C=O) groups excluding carboxylic acids is 1. The fourth-order valence-electron chi connectivity index (χ4n) is 3.59. The van der Waals surface area contributed by atoms with Gasteiger partial charge in [-0.25, -0.2) is 0 Å². The number of methoxy groups -OCH3 is 1. The number of rotatable bonds is 9. The quantitative estimate of drug-likeness (QED) is 0.453. The number of benzene rings is 2. The zero-order valence-electron chi connectivity index (χ0n) is 18.8. The van der Waals surface area contributed by atoms with Crippen molar-refractivity contribution in [2.24, 2.45) is 0 Å². The Kier molecular flexibility index (Phi) is 8.23. The molecule has 1 heterocycles. The number of hydrogen-bond acceptors (Lipinski definition) is 6. The molecule has 0 aliphatic carbocycles. The van der Waals surface area contributed by atoms with Crippen LogP contribution in [0.1, 0.15) is 25.8 Å². The lowest BCUT2D eigenvalue weighted by Crippen LogP contribution is -2.48. The zero-order chi connectivity index (χ0) is 23.1. The molecule has 1 aliphatic heterocycles. The Balaban J connectivity index is 1.40. The van der Waals surface area contributed by atoms with Crippen molar-refractivity contribution in [2.75, 3.05) is 51.4 Å². The van der Waals surface area contributed by atoms with Gasteiger partial charge in [0.15, 0.2) is 5.79 Å². The Morgan fingerprint density at radius 1 is 1.09 bits per heavy atom. The third-order valence-electron chi connectivity index (χ3n) is 5.55. The Hall–Kier alpha value is -2.48. The van der Waals surface area contributed by atoms with E-state index in [0.717, 1.165) is 37.6 Å². The summed E-state index contributed by atoms with van der Waals surface area (Å²) in [5.74, 6) is 0.00437. The second-order valence-corrected chi connectivity index (χ2v) is 8.28. The molecular formula is C24H31ClN2O5. The summed E-state index contributed by atoms with van der Waals surface area (Å²) in [6, 6.07) is 13.0. The van der Waals surface area contributed by atoms with Gasteiger partial charge in [-0.3, -0.25) is 4.79 Å². The Labute approximate surface area is 194 Å². The highest BCUT2D eigenvalue weighted by Gasteiger charge is 2.25. The summed E-state index contributed by atoms with van der Waals surface area (Å²) in [5, 5.41) is 11.0. The molecule has 0 bridgehead atoms. The van der Waals surface area contributed by atoms with E-state index >= 15 is 0 Å². The van der Waals surface area contributed by atoms with Crippen LogP contribution < -0.4 is 14.4 Å². The topological polar surface area (TPSA) is 71.5 Å². The number of piperazine rings is 1. The summed E-state index contributed by atoms with van der Waals surface area (Å²) in [4.78, 5) is 15.6. The standard InChI is InChI=1S/C24H31ClN2O5/c1-18(28)26-11-13-27(14-12-26)20-6-8-21(9-7-20)31-15-4-16-32-24(2,29)19-5-10-23(30-3)22(25)17-19/h5-10,17,29H,4,11-16H2,1-3H3. The molecule has 3 rings (SSSR count). The van der Waals surface area contributed by atoms with Crippen molar-refractivity contribution in [3.8, 4) is 11.5 Å². The number of carbonyl (C=O) groups is 1. The fourth-order valence-corrected chi connectivity index (χ4v) is 3.85. The molecule has 1 aliphatic rings. The maximum atomic E-state index is 11.5. The van der Waals surface area contributed by atoms with E-state index < -0.39 is 5.79 Å². The van der Waals surface area contributed by atoms with Gasteiger partial charge >= 0.3 is 0 Å². The van der Waals surface area contributed by atoms with E-state index in [1.54, 1.807) is 39.2 Å². The second-order valence-electron chi connectivity index (χ2n) is 7.87. The maximum absolute atomic E-state index is 11.5. The van der Waals surface area contributed by atoms with Crippen molar-refractivity contribution in [1.82, 2.24) is 4.90 Å². The van der Waals surface area contributed by atoms with Crippen molar-refractivity contribution < 1.29 is 24.1 Å². The molecule has 0 spiro atoms. The van der Waals surface area contributed by atoms with E-state index in [1.165, 1.54) is 0 Å². The minimum absolute atomic E-state index is 0.131. The van der Waals surface area contributed by atoms with Gasteiger partial charge in [0.2, 0.25) is 5.91 Å². The van der Waals surface area contributed by atoms with Crippen LogP contribution >= 0.6 is 11.6 Å². The number of amides is 1. The molecule has 2 aromatic rings. The minimum Gasteiger partial charge on any atom is -0.495 e. The lowest BCUT2D eigenvalue weighted by molar-refractivity contribution is -0.199. The van der Waals surface area contributed by atoms with E-state index in [4.69, 9.17) is 25.8 Å².